The van der Waals surface area contributed by atoms with E-state index in [2.05, 4.69) is 0 Å². The fourth-order valence-electron chi connectivity index (χ4n) is 0.944. The van der Waals surface area contributed by atoms with Crippen LogP contribution in [-0.2, 0) is 14.8 Å². The second-order valence-electron chi connectivity index (χ2n) is 3.14. The maximum atomic E-state index is 11.2. The molecule has 0 fully saturated rings. The minimum absolute atomic E-state index is 0.0575. The van der Waals surface area contributed by atoms with Gasteiger partial charge in [-0.05, 0) is 19.4 Å². The van der Waals surface area contributed by atoms with Crippen LogP contribution in [0.15, 0.2) is 0 Å². The number of carbonyl (C=O) groups excluding carboxylic acids is 1. The predicted molar refractivity (Wildman–Crippen MR) is 55.1 cm³/mol. The van der Waals surface area contributed by atoms with Crippen molar-refractivity contribution >= 4 is 15.9 Å². The summed E-state index contributed by atoms with van der Waals surface area (Å²) in [6, 6.07) is 0. The highest BCUT2D eigenvalue weighted by Crippen LogP contribution is 2.05. The highest BCUT2D eigenvalue weighted by Gasteiger charge is 2.15. The lowest BCUT2D eigenvalue weighted by Gasteiger charge is -2.11. The molecule has 6 heteroatoms. The SMILES string of the molecule is CCC(CN)CC(=O)NS(=O)(=O)CC. The lowest BCUT2D eigenvalue weighted by atomic mass is 10.0. The number of rotatable bonds is 6. The molecule has 0 aromatic carbocycles. The molecular formula is C8H18N2O3S. The van der Waals surface area contributed by atoms with Crippen LogP contribution in [0.5, 0.6) is 0 Å². The van der Waals surface area contributed by atoms with Crippen LogP contribution in [0.3, 0.4) is 0 Å². The molecule has 0 rings (SSSR count). The molecule has 0 radical (unpaired) electrons. The molecule has 3 N–H and O–H groups in total. The molecule has 0 bridgehead atoms. The fraction of sp³-hybridized carbons (Fsp3) is 0.875. The molecule has 0 aliphatic carbocycles. The van der Waals surface area contributed by atoms with Crippen molar-refractivity contribution in [3.8, 4) is 0 Å². The first-order chi connectivity index (χ1) is 6.45. The zero-order chi connectivity index (χ0) is 11.2. The number of sulfonamides is 1. The van der Waals surface area contributed by atoms with Crippen molar-refractivity contribution in [2.75, 3.05) is 12.3 Å². The normalized spacial score (nSPS) is 13.6. The minimum atomic E-state index is -3.42. The van der Waals surface area contributed by atoms with E-state index >= 15 is 0 Å². The number of carbonyl (C=O) groups is 1. The van der Waals surface area contributed by atoms with Crippen LogP contribution in [0.25, 0.3) is 0 Å². The standard InChI is InChI=1S/C8H18N2O3S/c1-3-7(6-9)5-8(11)10-14(12,13)4-2/h7H,3-6,9H2,1-2H3,(H,10,11). The maximum Gasteiger partial charge on any atom is 0.234 e. The average Bonchev–Trinajstić information content (AvgIpc) is 2.13. The number of hydrogen-bond acceptors (Lipinski definition) is 4. The molecule has 0 aliphatic heterocycles. The molecule has 84 valence electrons. The van der Waals surface area contributed by atoms with E-state index in [9.17, 15) is 13.2 Å². The van der Waals surface area contributed by atoms with E-state index in [0.717, 1.165) is 6.42 Å². The molecule has 1 amide bonds. The van der Waals surface area contributed by atoms with Gasteiger partial charge in [-0.25, -0.2) is 8.42 Å². The minimum Gasteiger partial charge on any atom is -0.330 e. The van der Waals surface area contributed by atoms with Crippen molar-refractivity contribution < 1.29 is 13.2 Å². The molecular weight excluding hydrogens is 204 g/mol. The van der Waals surface area contributed by atoms with E-state index in [-0.39, 0.29) is 18.1 Å². The van der Waals surface area contributed by atoms with E-state index in [1.807, 2.05) is 11.6 Å². The number of amides is 1. The molecule has 0 aliphatic rings. The third-order valence-electron chi connectivity index (χ3n) is 2.03. The third kappa shape index (κ3) is 5.18. The Labute approximate surface area is 85.1 Å². The summed E-state index contributed by atoms with van der Waals surface area (Å²) in [6.07, 6.45) is 0.947. The van der Waals surface area contributed by atoms with Crippen molar-refractivity contribution in [2.45, 2.75) is 26.7 Å². The van der Waals surface area contributed by atoms with E-state index in [4.69, 9.17) is 5.73 Å². The summed E-state index contributed by atoms with van der Waals surface area (Å²) >= 11 is 0. The Morgan fingerprint density at radius 3 is 2.36 bits per heavy atom. The van der Waals surface area contributed by atoms with Gasteiger partial charge in [-0.3, -0.25) is 9.52 Å². The van der Waals surface area contributed by atoms with Crippen LogP contribution >= 0.6 is 0 Å². The zero-order valence-corrected chi connectivity index (χ0v) is 9.43. The molecule has 14 heavy (non-hydrogen) atoms. The molecule has 1 unspecified atom stereocenters. The van der Waals surface area contributed by atoms with Crippen molar-refractivity contribution in [3.05, 3.63) is 0 Å². The molecule has 0 spiro atoms. The lowest BCUT2D eigenvalue weighted by molar-refractivity contribution is -0.120. The average molecular weight is 222 g/mol. The van der Waals surface area contributed by atoms with Gasteiger partial charge < -0.3 is 5.73 Å². The highest BCUT2D eigenvalue weighted by atomic mass is 32.2. The second-order valence-corrected chi connectivity index (χ2v) is 5.15. The maximum absolute atomic E-state index is 11.2. The van der Waals surface area contributed by atoms with Crippen LogP contribution in [0.2, 0.25) is 0 Å². The van der Waals surface area contributed by atoms with Gasteiger partial charge in [0.05, 0.1) is 5.75 Å². The molecule has 0 aromatic heterocycles. The monoisotopic (exact) mass is 222 g/mol. The lowest BCUT2D eigenvalue weighted by Crippen LogP contribution is -2.34. The van der Waals surface area contributed by atoms with Gasteiger partial charge in [0.1, 0.15) is 0 Å². The molecule has 5 nitrogen and oxygen atoms in total. The van der Waals surface area contributed by atoms with Gasteiger partial charge in [-0.1, -0.05) is 13.3 Å². The largest absolute Gasteiger partial charge is 0.330 e. The molecule has 0 heterocycles. The predicted octanol–water partition coefficient (Wildman–Crippen LogP) is -0.173. The molecule has 0 saturated heterocycles. The first-order valence-electron chi connectivity index (χ1n) is 4.68. The smallest absolute Gasteiger partial charge is 0.234 e. The van der Waals surface area contributed by atoms with Crippen molar-refractivity contribution in [3.63, 3.8) is 0 Å². The van der Waals surface area contributed by atoms with E-state index < -0.39 is 15.9 Å². The Bertz CT molecular complexity index is 270. The summed E-state index contributed by atoms with van der Waals surface area (Å²) in [7, 11) is -3.42. The van der Waals surface area contributed by atoms with Gasteiger partial charge in [0, 0.05) is 6.42 Å². The second kappa shape index (κ2) is 5.98. The number of hydrogen-bond donors (Lipinski definition) is 2. The van der Waals surface area contributed by atoms with Gasteiger partial charge in [0.25, 0.3) is 0 Å². The Morgan fingerprint density at radius 2 is 2.00 bits per heavy atom. The Kier molecular flexibility index (Phi) is 5.71. The van der Waals surface area contributed by atoms with E-state index in [1.54, 1.807) is 0 Å². The van der Waals surface area contributed by atoms with Crippen LogP contribution < -0.4 is 10.5 Å². The van der Waals surface area contributed by atoms with Crippen molar-refractivity contribution in [1.82, 2.24) is 4.72 Å². The first-order valence-corrected chi connectivity index (χ1v) is 6.33. The zero-order valence-electron chi connectivity index (χ0n) is 8.62. The van der Waals surface area contributed by atoms with Crippen molar-refractivity contribution in [2.24, 2.45) is 11.7 Å². The van der Waals surface area contributed by atoms with Crippen LogP contribution in [0.4, 0.5) is 0 Å². The summed E-state index contributed by atoms with van der Waals surface area (Å²) in [6.45, 7) is 3.80. The molecule has 0 aromatic rings. The van der Waals surface area contributed by atoms with Gasteiger partial charge >= 0.3 is 0 Å². The summed E-state index contributed by atoms with van der Waals surface area (Å²) in [5, 5.41) is 0. The summed E-state index contributed by atoms with van der Waals surface area (Å²) < 4.78 is 24.0. The molecule has 1 atom stereocenters. The Morgan fingerprint density at radius 1 is 1.43 bits per heavy atom. The van der Waals surface area contributed by atoms with Gasteiger partial charge in [-0.2, -0.15) is 0 Å². The summed E-state index contributed by atoms with van der Waals surface area (Å²) in [5.74, 6) is -0.496. The topological polar surface area (TPSA) is 89.3 Å². The van der Waals surface area contributed by atoms with Crippen LogP contribution in [0.1, 0.15) is 26.7 Å². The summed E-state index contributed by atoms with van der Waals surface area (Å²) in [5.41, 5.74) is 5.40. The number of nitrogens with one attached hydrogen (secondary N) is 1. The van der Waals surface area contributed by atoms with Crippen LogP contribution in [0, 0.1) is 5.92 Å². The Balaban J connectivity index is 4.11. The van der Waals surface area contributed by atoms with E-state index in [1.165, 1.54) is 6.92 Å². The highest BCUT2D eigenvalue weighted by molar-refractivity contribution is 7.90. The first kappa shape index (κ1) is 13.4. The number of nitrogens with two attached hydrogens (primary N) is 1. The summed E-state index contributed by atoms with van der Waals surface area (Å²) in [4.78, 5) is 11.2. The van der Waals surface area contributed by atoms with E-state index in [0.29, 0.717) is 6.54 Å². The van der Waals surface area contributed by atoms with Crippen LogP contribution in [-0.4, -0.2) is 26.6 Å². The van der Waals surface area contributed by atoms with Gasteiger partial charge in [0.15, 0.2) is 0 Å². The van der Waals surface area contributed by atoms with Gasteiger partial charge in [0.2, 0.25) is 15.9 Å². The third-order valence-corrected chi connectivity index (χ3v) is 3.33. The van der Waals surface area contributed by atoms with Gasteiger partial charge in [-0.15, -0.1) is 0 Å². The fourth-order valence-corrected chi connectivity index (χ4v) is 1.52. The van der Waals surface area contributed by atoms with Crippen molar-refractivity contribution in [1.29, 1.82) is 0 Å². The Hall–Kier alpha value is -0.620. The molecule has 0 saturated carbocycles. The quantitative estimate of drug-likeness (QED) is 0.653.